The summed E-state index contributed by atoms with van der Waals surface area (Å²) >= 11 is 1.69. The maximum Gasteiger partial charge on any atom is 0.208 e. The topological polar surface area (TPSA) is 58.2 Å². The molecule has 0 aliphatic carbocycles. The molecule has 0 aliphatic rings. The van der Waals surface area contributed by atoms with Crippen LogP contribution >= 0.6 is 11.3 Å². The molecule has 0 fully saturated rings. The van der Waals surface area contributed by atoms with Crippen LogP contribution < -0.4 is 10.0 Å². The van der Waals surface area contributed by atoms with Gasteiger partial charge in [0.15, 0.2) is 0 Å². The molecule has 6 heteroatoms. The molecule has 2 N–H and O–H groups in total. The molecule has 0 bridgehead atoms. The smallest absolute Gasteiger partial charge is 0.208 e. The van der Waals surface area contributed by atoms with Crippen LogP contribution in [0.25, 0.3) is 0 Å². The van der Waals surface area contributed by atoms with E-state index in [1.165, 1.54) is 4.88 Å². The molecule has 15 heavy (non-hydrogen) atoms. The Morgan fingerprint density at radius 2 is 2.20 bits per heavy atom. The average molecular weight is 248 g/mol. The van der Waals surface area contributed by atoms with E-state index in [0.717, 1.165) is 6.26 Å². The van der Waals surface area contributed by atoms with Crippen molar-refractivity contribution in [2.24, 2.45) is 0 Å². The molecule has 1 unspecified atom stereocenters. The second-order valence-electron chi connectivity index (χ2n) is 3.36. The van der Waals surface area contributed by atoms with E-state index in [0.29, 0.717) is 13.1 Å². The number of nitrogens with one attached hydrogen (secondary N) is 2. The Balaban J connectivity index is 2.21. The quantitative estimate of drug-likeness (QED) is 0.737. The van der Waals surface area contributed by atoms with E-state index in [4.69, 9.17) is 0 Å². The van der Waals surface area contributed by atoms with Crippen molar-refractivity contribution >= 4 is 21.4 Å². The first-order chi connectivity index (χ1) is 6.99. The summed E-state index contributed by atoms with van der Waals surface area (Å²) in [6.45, 7) is 3.12. The molecule has 1 aromatic heterocycles. The van der Waals surface area contributed by atoms with Gasteiger partial charge in [0.1, 0.15) is 0 Å². The lowest BCUT2D eigenvalue weighted by Crippen LogP contribution is -2.32. The van der Waals surface area contributed by atoms with E-state index < -0.39 is 10.0 Å². The molecule has 0 aliphatic heterocycles. The fourth-order valence-electron chi connectivity index (χ4n) is 1.16. The lowest BCUT2D eigenvalue weighted by molar-refractivity contribution is 0.560. The van der Waals surface area contributed by atoms with Gasteiger partial charge in [-0.15, -0.1) is 11.3 Å². The zero-order valence-electron chi connectivity index (χ0n) is 8.86. The van der Waals surface area contributed by atoms with Crippen LogP contribution in [0, 0.1) is 0 Å². The first kappa shape index (κ1) is 12.6. The molecule has 1 aromatic rings. The Morgan fingerprint density at radius 1 is 1.47 bits per heavy atom. The number of hydrogen-bond acceptors (Lipinski definition) is 4. The van der Waals surface area contributed by atoms with Crippen molar-refractivity contribution in [1.82, 2.24) is 10.0 Å². The summed E-state index contributed by atoms with van der Waals surface area (Å²) in [4.78, 5) is 1.26. The van der Waals surface area contributed by atoms with Gasteiger partial charge in [-0.2, -0.15) is 0 Å². The molecule has 0 spiro atoms. The largest absolute Gasteiger partial charge is 0.308 e. The van der Waals surface area contributed by atoms with E-state index in [1.807, 2.05) is 11.4 Å². The summed E-state index contributed by atoms with van der Waals surface area (Å²) in [6.07, 6.45) is 1.16. The fraction of sp³-hybridized carbons (Fsp3) is 0.556. The first-order valence-corrected chi connectivity index (χ1v) is 7.47. The van der Waals surface area contributed by atoms with Crippen LogP contribution in [0.15, 0.2) is 17.5 Å². The molecule has 1 atom stereocenters. The standard InChI is InChI=1S/C9H16N2O2S2/c1-8(9-4-3-7-14-9)10-5-6-11-15(2,12)13/h3-4,7-8,10-11H,5-6H2,1-2H3. The van der Waals surface area contributed by atoms with Gasteiger partial charge in [0.05, 0.1) is 6.26 Å². The van der Waals surface area contributed by atoms with Gasteiger partial charge in [0, 0.05) is 24.0 Å². The summed E-state index contributed by atoms with van der Waals surface area (Å²) < 4.78 is 24.0. The molecule has 0 aromatic carbocycles. The number of hydrogen-bond donors (Lipinski definition) is 2. The third kappa shape index (κ3) is 5.27. The van der Waals surface area contributed by atoms with Crippen LogP contribution in [0.1, 0.15) is 17.8 Å². The molecule has 0 amide bonds. The Bertz CT molecular complexity index is 373. The Hall–Kier alpha value is -0.430. The second kappa shape index (κ2) is 5.60. The van der Waals surface area contributed by atoms with E-state index in [1.54, 1.807) is 11.3 Å². The lowest BCUT2D eigenvalue weighted by atomic mass is 10.3. The molecule has 0 saturated carbocycles. The fourth-order valence-corrected chi connectivity index (χ4v) is 2.40. The van der Waals surface area contributed by atoms with Crippen LogP contribution in [-0.2, 0) is 10.0 Å². The van der Waals surface area contributed by atoms with Gasteiger partial charge in [-0.1, -0.05) is 6.07 Å². The highest BCUT2D eigenvalue weighted by atomic mass is 32.2. The predicted molar refractivity (Wildman–Crippen MR) is 63.6 cm³/mol. The minimum atomic E-state index is -3.06. The lowest BCUT2D eigenvalue weighted by Gasteiger charge is -2.11. The number of sulfonamides is 1. The summed E-state index contributed by atoms with van der Waals surface area (Å²) in [5, 5.41) is 5.27. The third-order valence-corrected chi connectivity index (χ3v) is 3.69. The van der Waals surface area contributed by atoms with Crippen molar-refractivity contribution in [3.63, 3.8) is 0 Å². The molecular weight excluding hydrogens is 232 g/mol. The zero-order valence-corrected chi connectivity index (χ0v) is 10.5. The van der Waals surface area contributed by atoms with Gasteiger partial charge >= 0.3 is 0 Å². The van der Waals surface area contributed by atoms with Crippen molar-refractivity contribution in [2.45, 2.75) is 13.0 Å². The molecule has 4 nitrogen and oxygen atoms in total. The van der Waals surface area contributed by atoms with Crippen LogP contribution in [0.5, 0.6) is 0 Å². The molecule has 1 heterocycles. The molecule has 0 radical (unpaired) electrons. The first-order valence-electron chi connectivity index (χ1n) is 4.70. The minimum absolute atomic E-state index is 0.270. The molecular formula is C9H16N2O2S2. The van der Waals surface area contributed by atoms with Crippen LogP contribution in [0.4, 0.5) is 0 Å². The van der Waals surface area contributed by atoms with Crippen LogP contribution in [0.2, 0.25) is 0 Å². The maximum absolute atomic E-state index is 10.8. The number of rotatable bonds is 6. The summed E-state index contributed by atoms with van der Waals surface area (Å²) in [5.74, 6) is 0. The van der Waals surface area contributed by atoms with Gasteiger partial charge in [0.25, 0.3) is 0 Å². The average Bonchev–Trinajstić information content (AvgIpc) is 2.63. The second-order valence-corrected chi connectivity index (χ2v) is 6.17. The highest BCUT2D eigenvalue weighted by molar-refractivity contribution is 7.88. The van der Waals surface area contributed by atoms with Gasteiger partial charge in [-0.25, -0.2) is 13.1 Å². The van der Waals surface area contributed by atoms with Gasteiger partial charge < -0.3 is 5.32 Å². The Labute approximate surface area is 94.8 Å². The van der Waals surface area contributed by atoms with Gasteiger partial charge in [-0.05, 0) is 18.4 Å². The highest BCUT2D eigenvalue weighted by Crippen LogP contribution is 2.17. The summed E-state index contributed by atoms with van der Waals surface area (Å²) in [5.41, 5.74) is 0. The van der Waals surface area contributed by atoms with E-state index >= 15 is 0 Å². The molecule has 0 saturated heterocycles. The minimum Gasteiger partial charge on any atom is -0.308 e. The van der Waals surface area contributed by atoms with Crippen LogP contribution in [-0.4, -0.2) is 27.8 Å². The highest BCUT2D eigenvalue weighted by Gasteiger charge is 2.05. The van der Waals surface area contributed by atoms with Crippen molar-refractivity contribution in [1.29, 1.82) is 0 Å². The van der Waals surface area contributed by atoms with Crippen LogP contribution in [0.3, 0.4) is 0 Å². The van der Waals surface area contributed by atoms with E-state index in [2.05, 4.69) is 23.0 Å². The summed E-state index contributed by atoms with van der Waals surface area (Å²) in [6, 6.07) is 4.34. The summed E-state index contributed by atoms with van der Waals surface area (Å²) in [7, 11) is -3.06. The molecule has 1 rings (SSSR count). The van der Waals surface area contributed by atoms with Crippen molar-refractivity contribution < 1.29 is 8.42 Å². The maximum atomic E-state index is 10.8. The van der Waals surface area contributed by atoms with Crippen molar-refractivity contribution in [3.05, 3.63) is 22.4 Å². The Kier molecular flexibility index (Phi) is 4.72. The van der Waals surface area contributed by atoms with Crippen molar-refractivity contribution in [3.8, 4) is 0 Å². The van der Waals surface area contributed by atoms with Gasteiger partial charge in [0.2, 0.25) is 10.0 Å². The molecule has 86 valence electrons. The normalized spacial score (nSPS) is 14.0. The zero-order chi connectivity index (χ0) is 11.3. The van der Waals surface area contributed by atoms with E-state index in [-0.39, 0.29) is 6.04 Å². The SMILES string of the molecule is CC(NCCNS(C)(=O)=O)c1cccs1. The third-order valence-electron chi connectivity index (χ3n) is 1.91. The predicted octanol–water partition coefficient (Wildman–Crippen LogP) is 0.948. The monoisotopic (exact) mass is 248 g/mol. The Morgan fingerprint density at radius 3 is 2.73 bits per heavy atom. The number of thiophene rings is 1. The van der Waals surface area contributed by atoms with E-state index in [9.17, 15) is 8.42 Å². The van der Waals surface area contributed by atoms with Gasteiger partial charge in [-0.3, -0.25) is 0 Å². The van der Waals surface area contributed by atoms with Crippen molar-refractivity contribution in [2.75, 3.05) is 19.3 Å².